The second kappa shape index (κ2) is 4.96. The van der Waals surface area contributed by atoms with Gasteiger partial charge in [-0.2, -0.15) is 5.10 Å². The molecule has 5 heteroatoms. The Hall–Kier alpha value is -0.580. The molecule has 0 amide bonds. The summed E-state index contributed by atoms with van der Waals surface area (Å²) in [4.78, 5) is 0. The molecule has 0 aliphatic carbocycles. The lowest BCUT2D eigenvalue weighted by Crippen LogP contribution is -2.31. The Bertz CT molecular complexity index is 323. The Labute approximate surface area is 94.8 Å². The van der Waals surface area contributed by atoms with E-state index in [4.69, 9.17) is 16.3 Å². The number of rotatable bonds is 5. The number of hydrogen-bond acceptors (Lipinski definition) is 3. The molecule has 0 aliphatic rings. The topological polar surface area (TPSA) is 47.3 Å². The van der Waals surface area contributed by atoms with E-state index in [1.54, 1.807) is 17.8 Å². The molecule has 0 aliphatic heterocycles. The molecule has 4 nitrogen and oxygen atoms in total. The van der Waals surface area contributed by atoms with E-state index >= 15 is 0 Å². The first-order valence-electron chi connectivity index (χ1n) is 5.04. The molecular weight excluding hydrogens is 216 g/mol. The van der Waals surface area contributed by atoms with Crippen LogP contribution in [0.1, 0.15) is 26.5 Å². The van der Waals surface area contributed by atoms with Crippen LogP contribution in [0, 0.1) is 0 Å². The second-order valence-electron chi connectivity index (χ2n) is 3.57. The third-order valence-electron chi connectivity index (χ3n) is 2.19. The van der Waals surface area contributed by atoms with Crippen LogP contribution in [-0.2, 0) is 16.9 Å². The third-order valence-corrected chi connectivity index (χ3v) is 2.47. The molecule has 86 valence electrons. The largest absolute Gasteiger partial charge is 0.381 e. The van der Waals surface area contributed by atoms with Gasteiger partial charge in [0.1, 0.15) is 5.60 Å². The maximum Gasteiger partial charge on any atom is 0.128 e. The number of aromatic nitrogens is 2. The van der Waals surface area contributed by atoms with Crippen LogP contribution in [0.4, 0.5) is 0 Å². The SMILES string of the molecule is CCOCC(C)(O)c1c(Cl)cnn1CC. The molecule has 15 heavy (non-hydrogen) atoms. The molecule has 0 saturated carbocycles. The van der Waals surface area contributed by atoms with Crippen LogP contribution in [0.15, 0.2) is 6.20 Å². The van der Waals surface area contributed by atoms with Crippen molar-refractivity contribution in [3.8, 4) is 0 Å². The lowest BCUT2D eigenvalue weighted by Gasteiger charge is -2.24. The molecule has 1 heterocycles. The normalized spacial score (nSPS) is 15.3. The number of nitrogens with zero attached hydrogens (tertiary/aromatic N) is 2. The molecule has 0 radical (unpaired) electrons. The fourth-order valence-corrected chi connectivity index (χ4v) is 1.85. The fraction of sp³-hybridized carbons (Fsp3) is 0.700. The summed E-state index contributed by atoms with van der Waals surface area (Å²) >= 11 is 5.99. The van der Waals surface area contributed by atoms with E-state index in [1.165, 1.54) is 0 Å². The molecule has 1 rings (SSSR count). The van der Waals surface area contributed by atoms with Crippen LogP contribution in [-0.4, -0.2) is 28.1 Å². The molecule has 0 saturated heterocycles. The van der Waals surface area contributed by atoms with Gasteiger partial charge in [0.2, 0.25) is 0 Å². The van der Waals surface area contributed by atoms with Crippen LogP contribution >= 0.6 is 11.6 Å². The van der Waals surface area contributed by atoms with Crippen molar-refractivity contribution < 1.29 is 9.84 Å². The van der Waals surface area contributed by atoms with Gasteiger partial charge < -0.3 is 9.84 Å². The van der Waals surface area contributed by atoms with Crippen LogP contribution in [0.25, 0.3) is 0 Å². The molecule has 0 fully saturated rings. The summed E-state index contributed by atoms with van der Waals surface area (Å²) in [6.07, 6.45) is 1.54. The van der Waals surface area contributed by atoms with Gasteiger partial charge in [0.15, 0.2) is 0 Å². The predicted octanol–water partition coefficient (Wildman–Crippen LogP) is 1.80. The molecule has 1 aromatic rings. The van der Waals surface area contributed by atoms with Gasteiger partial charge >= 0.3 is 0 Å². The number of halogens is 1. The van der Waals surface area contributed by atoms with Crippen molar-refractivity contribution in [3.05, 3.63) is 16.9 Å². The van der Waals surface area contributed by atoms with Crippen molar-refractivity contribution >= 4 is 11.6 Å². The van der Waals surface area contributed by atoms with Crippen molar-refractivity contribution in [2.45, 2.75) is 32.9 Å². The summed E-state index contributed by atoms with van der Waals surface area (Å²) in [5.74, 6) is 0. The Balaban J connectivity index is 2.96. The zero-order valence-corrected chi connectivity index (χ0v) is 10.1. The maximum absolute atomic E-state index is 10.2. The first kappa shape index (κ1) is 12.5. The predicted molar refractivity (Wildman–Crippen MR) is 59.0 cm³/mol. The maximum atomic E-state index is 10.2. The van der Waals surface area contributed by atoms with E-state index < -0.39 is 5.60 Å². The summed E-state index contributed by atoms with van der Waals surface area (Å²) in [5, 5.41) is 14.8. The minimum atomic E-state index is -1.10. The van der Waals surface area contributed by atoms with Crippen molar-refractivity contribution in [2.24, 2.45) is 0 Å². The molecule has 0 bridgehead atoms. The highest BCUT2D eigenvalue weighted by Crippen LogP contribution is 2.28. The van der Waals surface area contributed by atoms with Crippen molar-refractivity contribution in [3.63, 3.8) is 0 Å². The monoisotopic (exact) mass is 232 g/mol. The van der Waals surface area contributed by atoms with Crippen LogP contribution < -0.4 is 0 Å². The van der Waals surface area contributed by atoms with Gasteiger partial charge in [0.05, 0.1) is 23.5 Å². The molecule has 0 aromatic carbocycles. The molecule has 1 unspecified atom stereocenters. The van der Waals surface area contributed by atoms with Gasteiger partial charge in [0.25, 0.3) is 0 Å². The first-order chi connectivity index (χ1) is 7.03. The van der Waals surface area contributed by atoms with Gasteiger partial charge in [-0.3, -0.25) is 4.68 Å². The van der Waals surface area contributed by atoms with Gasteiger partial charge in [-0.1, -0.05) is 11.6 Å². The Morgan fingerprint density at radius 1 is 1.60 bits per heavy atom. The molecule has 1 aromatic heterocycles. The molecular formula is C10H17ClN2O2. The van der Waals surface area contributed by atoms with E-state index in [2.05, 4.69) is 5.10 Å². The van der Waals surface area contributed by atoms with E-state index in [0.717, 1.165) is 0 Å². The van der Waals surface area contributed by atoms with Crippen molar-refractivity contribution in [2.75, 3.05) is 13.2 Å². The molecule has 1 N–H and O–H groups in total. The average molecular weight is 233 g/mol. The Kier molecular flexibility index (Phi) is 4.13. The number of ether oxygens (including phenoxy) is 1. The molecule has 0 spiro atoms. The first-order valence-corrected chi connectivity index (χ1v) is 5.42. The highest BCUT2D eigenvalue weighted by Gasteiger charge is 2.30. The van der Waals surface area contributed by atoms with Crippen LogP contribution in [0.5, 0.6) is 0 Å². The van der Waals surface area contributed by atoms with E-state index in [1.807, 2.05) is 13.8 Å². The third kappa shape index (κ3) is 2.71. The highest BCUT2D eigenvalue weighted by atomic mass is 35.5. The van der Waals surface area contributed by atoms with Gasteiger partial charge in [-0.15, -0.1) is 0 Å². The van der Waals surface area contributed by atoms with Crippen molar-refractivity contribution in [1.29, 1.82) is 0 Å². The van der Waals surface area contributed by atoms with E-state index in [9.17, 15) is 5.11 Å². The highest BCUT2D eigenvalue weighted by molar-refractivity contribution is 6.31. The van der Waals surface area contributed by atoms with Crippen molar-refractivity contribution in [1.82, 2.24) is 9.78 Å². The smallest absolute Gasteiger partial charge is 0.128 e. The summed E-state index contributed by atoms with van der Waals surface area (Å²) in [7, 11) is 0. The summed E-state index contributed by atoms with van der Waals surface area (Å²) in [6, 6.07) is 0. The average Bonchev–Trinajstić information content (AvgIpc) is 2.57. The van der Waals surface area contributed by atoms with Crippen LogP contribution in [0.2, 0.25) is 5.02 Å². The van der Waals surface area contributed by atoms with Gasteiger partial charge in [-0.25, -0.2) is 0 Å². The standard InChI is InChI=1S/C10H17ClN2O2/c1-4-13-9(8(11)6-12-13)10(3,14)7-15-5-2/h6,14H,4-5,7H2,1-3H3. The van der Waals surface area contributed by atoms with Gasteiger partial charge in [0, 0.05) is 13.2 Å². The Morgan fingerprint density at radius 3 is 2.80 bits per heavy atom. The molecule has 1 atom stereocenters. The quantitative estimate of drug-likeness (QED) is 0.842. The number of aryl methyl sites for hydroxylation is 1. The lowest BCUT2D eigenvalue weighted by atomic mass is 10.0. The van der Waals surface area contributed by atoms with Crippen LogP contribution in [0.3, 0.4) is 0 Å². The zero-order valence-electron chi connectivity index (χ0n) is 9.33. The number of hydrogen-bond donors (Lipinski definition) is 1. The minimum Gasteiger partial charge on any atom is -0.381 e. The lowest BCUT2D eigenvalue weighted by molar-refractivity contribution is -0.0399. The fourth-order valence-electron chi connectivity index (χ4n) is 1.51. The second-order valence-corrected chi connectivity index (χ2v) is 3.98. The zero-order chi connectivity index (χ0) is 11.5. The van der Waals surface area contributed by atoms with E-state index in [-0.39, 0.29) is 6.61 Å². The van der Waals surface area contributed by atoms with Gasteiger partial charge in [-0.05, 0) is 20.8 Å². The Morgan fingerprint density at radius 2 is 2.27 bits per heavy atom. The summed E-state index contributed by atoms with van der Waals surface area (Å²) < 4.78 is 6.91. The summed E-state index contributed by atoms with van der Waals surface area (Å²) in [6.45, 7) is 6.96. The summed E-state index contributed by atoms with van der Waals surface area (Å²) in [5.41, 5.74) is -0.486. The minimum absolute atomic E-state index is 0.217. The number of aliphatic hydroxyl groups is 1. The van der Waals surface area contributed by atoms with E-state index in [0.29, 0.717) is 23.9 Å².